The molecule has 0 N–H and O–H groups in total. The van der Waals surface area contributed by atoms with Crippen molar-refractivity contribution in [1.29, 1.82) is 0 Å². The quantitative estimate of drug-likeness (QED) is 0.445. The fourth-order valence-electron chi connectivity index (χ4n) is 3.05. The van der Waals surface area contributed by atoms with Crippen LogP contribution in [-0.4, -0.2) is 33.9 Å². The van der Waals surface area contributed by atoms with Gasteiger partial charge in [0.15, 0.2) is 0 Å². The molecule has 1 amide bonds. The van der Waals surface area contributed by atoms with Gasteiger partial charge in [-0.2, -0.15) is 0 Å². The first-order chi connectivity index (χ1) is 13.2. The van der Waals surface area contributed by atoms with E-state index in [1.807, 2.05) is 59.8 Å². The second-order valence-corrected chi connectivity index (χ2v) is 7.95. The second-order valence-electron chi connectivity index (χ2n) is 6.06. The summed E-state index contributed by atoms with van der Waals surface area (Å²) in [6, 6.07) is 13.8. The molecule has 0 saturated heterocycles. The number of aromatic nitrogens is 2. The Morgan fingerprint density at radius 3 is 2.00 bits per heavy atom. The molecular formula is C21H19N3OS2. The Labute approximate surface area is 166 Å². The molecule has 4 nitrogen and oxygen atoms in total. The van der Waals surface area contributed by atoms with Crippen molar-refractivity contribution >= 4 is 39.6 Å². The van der Waals surface area contributed by atoms with Crippen molar-refractivity contribution in [1.82, 2.24) is 14.9 Å². The Kier molecular flexibility index (Phi) is 5.01. The first kappa shape index (κ1) is 17.8. The Morgan fingerprint density at radius 2 is 1.48 bits per heavy atom. The van der Waals surface area contributed by atoms with Crippen molar-refractivity contribution in [2.45, 2.75) is 13.8 Å². The van der Waals surface area contributed by atoms with Gasteiger partial charge in [0.05, 0.1) is 20.8 Å². The summed E-state index contributed by atoms with van der Waals surface area (Å²) in [5.41, 5.74) is 3.96. The number of hydrogen-bond acceptors (Lipinski definition) is 5. The highest BCUT2D eigenvalue weighted by atomic mass is 32.1. The lowest BCUT2D eigenvalue weighted by atomic mass is 10.1. The van der Waals surface area contributed by atoms with Crippen molar-refractivity contribution in [3.8, 4) is 21.1 Å². The average Bonchev–Trinajstić information content (AvgIpc) is 3.41. The van der Waals surface area contributed by atoms with Crippen LogP contribution in [0.3, 0.4) is 0 Å². The van der Waals surface area contributed by atoms with Gasteiger partial charge in [-0.25, -0.2) is 9.97 Å². The molecule has 4 rings (SSSR count). The molecule has 0 radical (unpaired) electrons. The molecule has 0 spiro atoms. The predicted molar refractivity (Wildman–Crippen MR) is 113 cm³/mol. The van der Waals surface area contributed by atoms with E-state index in [0.29, 0.717) is 18.7 Å². The maximum absolute atomic E-state index is 12.7. The Balaban J connectivity index is 1.88. The number of carbonyl (C=O) groups excluding carboxylic acids is 1. The summed E-state index contributed by atoms with van der Waals surface area (Å²) < 4.78 is 0. The summed E-state index contributed by atoms with van der Waals surface area (Å²) in [7, 11) is 0. The molecule has 136 valence electrons. The zero-order valence-electron chi connectivity index (χ0n) is 15.2. The molecule has 4 aromatic rings. The summed E-state index contributed by atoms with van der Waals surface area (Å²) in [4.78, 5) is 26.5. The number of fused-ring (bicyclic) bond motifs is 1. The standard InChI is InChI=1S/C21H19N3OS2/c1-3-24(4-2)21(25)14-9-10-15-16(13-14)23-20(18-8-6-12-27-18)19(22-15)17-7-5-11-26-17/h5-13H,3-4H2,1-2H3. The number of hydrogen-bond donors (Lipinski definition) is 0. The van der Waals surface area contributed by atoms with Crippen LogP contribution in [0.2, 0.25) is 0 Å². The van der Waals surface area contributed by atoms with Crippen LogP contribution in [-0.2, 0) is 0 Å². The van der Waals surface area contributed by atoms with Gasteiger partial charge in [-0.05, 0) is 54.9 Å². The van der Waals surface area contributed by atoms with Crippen LogP contribution >= 0.6 is 22.7 Å². The van der Waals surface area contributed by atoms with Gasteiger partial charge in [0, 0.05) is 18.7 Å². The maximum atomic E-state index is 12.7. The number of rotatable bonds is 5. The van der Waals surface area contributed by atoms with Crippen molar-refractivity contribution < 1.29 is 4.79 Å². The van der Waals surface area contributed by atoms with E-state index in [2.05, 4.69) is 12.1 Å². The van der Waals surface area contributed by atoms with Crippen LogP contribution < -0.4 is 0 Å². The minimum absolute atomic E-state index is 0.0312. The van der Waals surface area contributed by atoms with Crippen molar-refractivity contribution in [3.05, 3.63) is 58.8 Å². The minimum atomic E-state index is 0.0312. The van der Waals surface area contributed by atoms with Gasteiger partial charge in [0.2, 0.25) is 0 Å². The average molecular weight is 394 g/mol. The summed E-state index contributed by atoms with van der Waals surface area (Å²) in [5.74, 6) is 0.0312. The normalized spacial score (nSPS) is 11.0. The molecule has 0 aliphatic heterocycles. The predicted octanol–water partition coefficient (Wildman–Crippen LogP) is 5.57. The smallest absolute Gasteiger partial charge is 0.253 e. The van der Waals surface area contributed by atoms with Crippen LogP contribution in [0, 0.1) is 0 Å². The van der Waals surface area contributed by atoms with E-state index in [9.17, 15) is 4.79 Å². The molecule has 0 unspecified atom stereocenters. The van der Waals surface area contributed by atoms with Gasteiger partial charge < -0.3 is 4.90 Å². The maximum Gasteiger partial charge on any atom is 0.253 e. The summed E-state index contributed by atoms with van der Waals surface area (Å²) >= 11 is 3.30. The lowest BCUT2D eigenvalue weighted by Crippen LogP contribution is -2.30. The highest BCUT2D eigenvalue weighted by Crippen LogP contribution is 2.35. The largest absolute Gasteiger partial charge is 0.339 e. The lowest BCUT2D eigenvalue weighted by Gasteiger charge is -2.18. The van der Waals surface area contributed by atoms with Crippen molar-refractivity contribution in [2.24, 2.45) is 0 Å². The second kappa shape index (κ2) is 7.58. The summed E-state index contributed by atoms with van der Waals surface area (Å²) in [6.07, 6.45) is 0. The summed E-state index contributed by atoms with van der Waals surface area (Å²) in [5, 5.41) is 4.09. The topological polar surface area (TPSA) is 46.1 Å². The molecule has 3 heterocycles. The molecule has 0 bridgehead atoms. The first-order valence-corrected chi connectivity index (χ1v) is 10.7. The van der Waals surface area contributed by atoms with Gasteiger partial charge >= 0.3 is 0 Å². The number of thiophene rings is 2. The van der Waals surface area contributed by atoms with E-state index >= 15 is 0 Å². The van der Waals surface area contributed by atoms with E-state index in [4.69, 9.17) is 9.97 Å². The number of nitrogens with zero attached hydrogens (tertiary/aromatic N) is 3. The third-order valence-electron chi connectivity index (χ3n) is 4.47. The van der Waals surface area contributed by atoms with Crippen molar-refractivity contribution in [2.75, 3.05) is 13.1 Å². The van der Waals surface area contributed by atoms with E-state index in [1.54, 1.807) is 22.7 Å². The molecule has 0 aliphatic carbocycles. The van der Waals surface area contributed by atoms with Crippen LogP contribution in [0.15, 0.2) is 53.2 Å². The van der Waals surface area contributed by atoms with E-state index in [0.717, 1.165) is 32.2 Å². The van der Waals surface area contributed by atoms with Crippen LogP contribution in [0.1, 0.15) is 24.2 Å². The SMILES string of the molecule is CCN(CC)C(=O)c1ccc2nc(-c3cccs3)c(-c3cccs3)nc2c1. The van der Waals surface area contributed by atoms with Gasteiger partial charge in [-0.15, -0.1) is 22.7 Å². The molecule has 3 aromatic heterocycles. The molecule has 1 aromatic carbocycles. The monoisotopic (exact) mass is 393 g/mol. The third-order valence-corrected chi connectivity index (χ3v) is 6.22. The van der Waals surface area contributed by atoms with Crippen LogP contribution in [0.4, 0.5) is 0 Å². The molecule has 0 saturated carbocycles. The Hall–Kier alpha value is -2.57. The molecule has 0 atom stereocenters. The van der Waals surface area contributed by atoms with Crippen molar-refractivity contribution in [3.63, 3.8) is 0 Å². The first-order valence-electron chi connectivity index (χ1n) is 8.90. The Bertz CT molecular complexity index is 1070. The minimum Gasteiger partial charge on any atom is -0.339 e. The van der Waals surface area contributed by atoms with Gasteiger partial charge in [0.25, 0.3) is 5.91 Å². The number of carbonyl (C=O) groups is 1. The fourth-order valence-corrected chi connectivity index (χ4v) is 4.48. The highest BCUT2D eigenvalue weighted by molar-refractivity contribution is 7.14. The molecule has 0 aliphatic rings. The van der Waals surface area contributed by atoms with E-state index in [-0.39, 0.29) is 5.91 Å². The van der Waals surface area contributed by atoms with Crippen LogP contribution in [0.25, 0.3) is 32.2 Å². The molecule has 0 fully saturated rings. The number of benzene rings is 1. The fraction of sp³-hybridized carbons (Fsp3) is 0.190. The van der Waals surface area contributed by atoms with Gasteiger partial charge in [-0.1, -0.05) is 12.1 Å². The van der Waals surface area contributed by atoms with E-state index in [1.165, 1.54) is 0 Å². The van der Waals surface area contributed by atoms with E-state index < -0.39 is 0 Å². The van der Waals surface area contributed by atoms with Gasteiger partial charge in [0.1, 0.15) is 11.4 Å². The number of amides is 1. The summed E-state index contributed by atoms with van der Waals surface area (Å²) in [6.45, 7) is 5.36. The zero-order chi connectivity index (χ0) is 18.8. The third kappa shape index (κ3) is 3.38. The molecule has 6 heteroatoms. The van der Waals surface area contributed by atoms with Gasteiger partial charge in [-0.3, -0.25) is 4.79 Å². The lowest BCUT2D eigenvalue weighted by molar-refractivity contribution is 0.0773. The molecule has 27 heavy (non-hydrogen) atoms. The Morgan fingerprint density at radius 1 is 0.889 bits per heavy atom. The highest BCUT2D eigenvalue weighted by Gasteiger charge is 2.17. The van der Waals surface area contributed by atoms with Crippen LogP contribution in [0.5, 0.6) is 0 Å². The zero-order valence-corrected chi connectivity index (χ0v) is 16.8. The molecular weight excluding hydrogens is 374 g/mol.